The molecule has 0 bridgehead atoms. The number of amides is 1. The summed E-state index contributed by atoms with van der Waals surface area (Å²) >= 11 is 0. The molecule has 1 aliphatic rings. The third-order valence-corrected chi connectivity index (χ3v) is 2.40. The minimum absolute atomic E-state index is 0.300. The molecule has 0 spiro atoms. The van der Waals surface area contributed by atoms with E-state index in [0.29, 0.717) is 6.54 Å². The summed E-state index contributed by atoms with van der Waals surface area (Å²) < 4.78 is 0. The van der Waals surface area contributed by atoms with Crippen LogP contribution in [0.4, 0.5) is 0 Å². The summed E-state index contributed by atoms with van der Waals surface area (Å²) in [4.78, 5) is 15.2. The van der Waals surface area contributed by atoms with Gasteiger partial charge in [0.25, 0.3) is 5.91 Å². The molecule has 0 radical (unpaired) electrons. The van der Waals surface area contributed by atoms with Crippen LogP contribution >= 0.6 is 0 Å². The predicted octanol–water partition coefficient (Wildman–Crippen LogP) is -0.871. The van der Waals surface area contributed by atoms with Crippen LogP contribution in [0.5, 0.6) is 0 Å². The number of rotatable bonds is 3. The number of carbonyl (C=O) groups is 1. The van der Waals surface area contributed by atoms with Gasteiger partial charge in [-0.3, -0.25) is 14.9 Å². The molecule has 2 N–H and O–H groups in total. The zero-order valence-corrected chi connectivity index (χ0v) is 7.99. The molecular weight excluding hydrogens is 170 g/mol. The van der Waals surface area contributed by atoms with Crippen LogP contribution < -0.4 is 5.48 Å². The predicted molar refractivity (Wildman–Crippen MR) is 48.5 cm³/mol. The molecule has 0 atom stereocenters. The first-order valence-corrected chi connectivity index (χ1v) is 4.64. The Labute approximate surface area is 78.3 Å². The van der Waals surface area contributed by atoms with Crippen molar-refractivity contribution < 1.29 is 10.0 Å². The number of hydrogen-bond donors (Lipinski definition) is 2. The third kappa shape index (κ3) is 3.30. The van der Waals surface area contributed by atoms with E-state index >= 15 is 0 Å². The number of nitrogens with zero attached hydrogens (tertiary/aromatic N) is 2. The monoisotopic (exact) mass is 187 g/mol. The van der Waals surface area contributed by atoms with Crippen molar-refractivity contribution in [2.45, 2.75) is 6.92 Å². The lowest BCUT2D eigenvalue weighted by Crippen LogP contribution is -2.48. The molecule has 1 amide bonds. The smallest absolute Gasteiger partial charge is 0.257 e. The van der Waals surface area contributed by atoms with E-state index in [-0.39, 0.29) is 5.91 Å². The summed E-state index contributed by atoms with van der Waals surface area (Å²) in [5, 5.41) is 8.33. The van der Waals surface area contributed by atoms with Gasteiger partial charge in [0.1, 0.15) is 0 Å². The minimum atomic E-state index is -0.329. The Morgan fingerprint density at radius 2 is 1.85 bits per heavy atom. The van der Waals surface area contributed by atoms with Gasteiger partial charge in [0.05, 0.1) is 6.54 Å². The van der Waals surface area contributed by atoms with Crippen LogP contribution in [0.3, 0.4) is 0 Å². The Morgan fingerprint density at radius 3 is 2.31 bits per heavy atom. The van der Waals surface area contributed by atoms with Gasteiger partial charge >= 0.3 is 0 Å². The van der Waals surface area contributed by atoms with Gasteiger partial charge in [0.2, 0.25) is 0 Å². The molecule has 1 saturated heterocycles. The average Bonchev–Trinajstić information content (AvgIpc) is 2.19. The van der Waals surface area contributed by atoms with Crippen LogP contribution in [0.1, 0.15) is 6.92 Å². The molecule has 0 aromatic rings. The molecule has 5 heteroatoms. The molecule has 1 rings (SSSR count). The largest absolute Gasteiger partial charge is 0.301 e. The van der Waals surface area contributed by atoms with Crippen LogP contribution in [0.2, 0.25) is 0 Å². The van der Waals surface area contributed by atoms with Crippen molar-refractivity contribution in [1.82, 2.24) is 15.3 Å². The van der Waals surface area contributed by atoms with Crippen LogP contribution in [0.15, 0.2) is 0 Å². The first-order chi connectivity index (χ1) is 6.26. The molecule has 0 saturated carbocycles. The number of hydroxylamine groups is 1. The van der Waals surface area contributed by atoms with Gasteiger partial charge in [-0.15, -0.1) is 0 Å². The average molecular weight is 187 g/mol. The lowest BCUT2D eigenvalue weighted by Gasteiger charge is -2.33. The quantitative estimate of drug-likeness (QED) is 0.445. The fourth-order valence-electron chi connectivity index (χ4n) is 1.50. The maximum atomic E-state index is 10.8. The topological polar surface area (TPSA) is 55.8 Å². The number of likely N-dealkylation sites (N-methyl/N-ethyl adjacent to an activating group) is 1. The summed E-state index contributed by atoms with van der Waals surface area (Å²) in [6.07, 6.45) is 0. The number of nitrogens with one attached hydrogen (secondary N) is 1. The molecule has 0 aromatic carbocycles. The fourth-order valence-corrected chi connectivity index (χ4v) is 1.50. The first-order valence-electron chi connectivity index (χ1n) is 4.64. The van der Waals surface area contributed by atoms with Gasteiger partial charge < -0.3 is 4.90 Å². The van der Waals surface area contributed by atoms with Crippen LogP contribution in [0, 0.1) is 0 Å². The highest BCUT2D eigenvalue weighted by molar-refractivity contribution is 5.76. The fraction of sp³-hybridized carbons (Fsp3) is 0.875. The van der Waals surface area contributed by atoms with Crippen LogP contribution in [-0.4, -0.2) is 60.2 Å². The van der Waals surface area contributed by atoms with Crippen molar-refractivity contribution in [3.05, 3.63) is 0 Å². The molecule has 1 fully saturated rings. The molecule has 0 aliphatic carbocycles. The van der Waals surface area contributed by atoms with Gasteiger partial charge in [-0.25, -0.2) is 5.48 Å². The summed E-state index contributed by atoms with van der Waals surface area (Å²) in [6, 6.07) is 0. The summed E-state index contributed by atoms with van der Waals surface area (Å²) in [5.41, 5.74) is 1.64. The van der Waals surface area contributed by atoms with E-state index in [0.717, 1.165) is 32.7 Å². The maximum absolute atomic E-state index is 10.8. The molecule has 1 heterocycles. The highest BCUT2D eigenvalue weighted by Gasteiger charge is 2.16. The van der Waals surface area contributed by atoms with E-state index in [2.05, 4.69) is 11.8 Å². The summed E-state index contributed by atoms with van der Waals surface area (Å²) in [7, 11) is 0. The molecule has 0 aromatic heterocycles. The molecule has 0 unspecified atom stereocenters. The van der Waals surface area contributed by atoms with E-state index in [1.165, 1.54) is 0 Å². The molecule has 1 aliphatic heterocycles. The zero-order chi connectivity index (χ0) is 9.68. The van der Waals surface area contributed by atoms with Crippen molar-refractivity contribution in [3.63, 3.8) is 0 Å². The Morgan fingerprint density at radius 1 is 1.31 bits per heavy atom. The van der Waals surface area contributed by atoms with Gasteiger partial charge in [0, 0.05) is 26.2 Å². The third-order valence-electron chi connectivity index (χ3n) is 2.40. The SMILES string of the molecule is CCN1CCN(CC(=O)NO)CC1. The molecule has 5 nitrogen and oxygen atoms in total. The van der Waals surface area contributed by atoms with Crippen molar-refractivity contribution >= 4 is 5.91 Å². The Balaban J connectivity index is 2.21. The van der Waals surface area contributed by atoms with E-state index in [1.54, 1.807) is 5.48 Å². The highest BCUT2D eigenvalue weighted by atomic mass is 16.5. The second-order valence-corrected chi connectivity index (χ2v) is 3.25. The summed E-state index contributed by atoms with van der Waals surface area (Å²) in [5.74, 6) is -0.329. The lowest BCUT2D eigenvalue weighted by molar-refractivity contribution is -0.130. The van der Waals surface area contributed by atoms with Crippen molar-refractivity contribution in [2.75, 3.05) is 39.3 Å². The minimum Gasteiger partial charge on any atom is -0.301 e. The molecule has 13 heavy (non-hydrogen) atoms. The zero-order valence-electron chi connectivity index (χ0n) is 7.99. The van der Waals surface area contributed by atoms with Crippen molar-refractivity contribution in [1.29, 1.82) is 0 Å². The van der Waals surface area contributed by atoms with Gasteiger partial charge in [-0.2, -0.15) is 0 Å². The Hall–Kier alpha value is -0.650. The second kappa shape index (κ2) is 5.16. The first kappa shape index (κ1) is 10.4. The molecular formula is C8H17N3O2. The van der Waals surface area contributed by atoms with Crippen molar-refractivity contribution in [3.8, 4) is 0 Å². The van der Waals surface area contributed by atoms with Crippen LogP contribution in [0.25, 0.3) is 0 Å². The number of piperazine rings is 1. The number of carbonyl (C=O) groups excluding carboxylic acids is 1. The van der Waals surface area contributed by atoms with Crippen LogP contribution in [-0.2, 0) is 4.79 Å². The maximum Gasteiger partial charge on any atom is 0.257 e. The van der Waals surface area contributed by atoms with Gasteiger partial charge in [-0.05, 0) is 6.54 Å². The van der Waals surface area contributed by atoms with E-state index in [9.17, 15) is 4.79 Å². The van der Waals surface area contributed by atoms with Gasteiger partial charge in [0.15, 0.2) is 0 Å². The normalized spacial score (nSPS) is 20.2. The lowest BCUT2D eigenvalue weighted by atomic mass is 10.3. The van der Waals surface area contributed by atoms with Crippen molar-refractivity contribution in [2.24, 2.45) is 0 Å². The van der Waals surface area contributed by atoms with E-state index in [4.69, 9.17) is 5.21 Å². The number of hydrogen-bond acceptors (Lipinski definition) is 4. The van der Waals surface area contributed by atoms with E-state index in [1.807, 2.05) is 4.90 Å². The standard InChI is InChI=1S/C8H17N3O2/c1-2-10-3-5-11(6-4-10)7-8(12)9-13/h13H,2-7H2,1H3,(H,9,12). The second-order valence-electron chi connectivity index (χ2n) is 3.25. The van der Waals surface area contributed by atoms with Gasteiger partial charge in [-0.1, -0.05) is 6.92 Å². The Kier molecular flexibility index (Phi) is 4.14. The molecule has 76 valence electrons. The Bertz CT molecular complexity index is 167. The summed E-state index contributed by atoms with van der Waals surface area (Å²) in [6.45, 7) is 7.33. The highest BCUT2D eigenvalue weighted by Crippen LogP contribution is 1.99. The van der Waals surface area contributed by atoms with E-state index < -0.39 is 0 Å².